The molecule has 1 unspecified atom stereocenters. The van der Waals surface area contributed by atoms with Gasteiger partial charge in [-0.2, -0.15) is 0 Å². The van der Waals surface area contributed by atoms with E-state index in [2.05, 4.69) is 26.8 Å². The lowest BCUT2D eigenvalue weighted by Crippen LogP contribution is -2.16. The number of methoxy groups -OCH3 is 1. The Hall–Kier alpha value is -4.53. The van der Waals surface area contributed by atoms with E-state index in [-0.39, 0.29) is 11.9 Å². The van der Waals surface area contributed by atoms with E-state index < -0.39 is 0 Å². The first-order valence-corrected chi connectivity index (χ1v) is 13.1. The summed E-state index contributed by atoms with van der Waals surface area (Å²) in [5.41, 5.74) is 4.08. The summed E-state index contributed by atoms with van der Waals surface area (Å²) in [5.74, 6) is 2.59. The zero-order chi connectivity index (χ0) is 26.8. The molecular formula is C30H29FN6O2. The van der Waals surface area contributed by atoms with Gasteiger partial charge in [0.15, 0.2) is 0 Å². The third-order valence-corrected chi connectivity index (χ3v) is 6.89. The molecule has 9 heteroatoms. The number of aromatic nitrogens is 5. The van der Waals surface area contributed by atoms with Gasteiger partial charge in [-0.15, -0.1) is 0 Å². The summed E-state index contributed by atoms with van der Waals surface area (Å²) in [6, 6.07) is 18.0. The molecule has 6 rings (SSSR count). The summed E-state index contributed by atoms with van der Waals surface area (Å²) >= 11 is 0. The number of aryl methyl sites for hydroxylation is 1. The van der Waals surface area contributed by atoms with Crippen molar-refractivity contribution in [1.29, 1.82) is 0 Å². The topological polar surface area (TPSA) is 87.0 Å². The van der Waals surface area contributed by atoms with E-state index in [9.17, 15) is 4.39 Å². The number of nitrogens with one attached hydrogen (secondary N) is 1. The average molecular weight is 525 g/mol. The molecule has 4 heterocycles. The molecule has 2 aromatic carbocycles. The fourth-order valence-corrected chi connectivity index (χ4v) is 4.97. The molecule has 0 spiro atoms. The maximum Gasteiger partial charge on any atom is 0.223 e. The van der Waals surface area contributed by atoms with Crippen LogP contribution in [-0.4, -0.2) is 44.8 Å². The van der Waals surface area contributed by atoms with Crippen molar-refractivity contribution >= 4 is 16.9 Å². The minimum atomic E-state index is -0.284. The molecule has 0 amide bonds. The number of benzene rings is 2. The van der Waals surface area contributed by atoms with Crippen LogP contribution in [0.2, 0.25) is 0 Å². The van der Waals surface area contributed by atoms with Crippen molar-refractivity contribution in [3.05, 3.63) is 78.5 Å². The lowest BCUT2D eigenvalue weighted by Gasteiger charge is -2.18. The van der Waals surface area contributed by atoms with Gasteiger partial charge in [-0.05, 0) is 67.4 Å². The van der Waals surface area contributed by atoms with Crippen molar-refractivity contribution in [2.24, 2.45) is 0 Å². The van der Waals surface area contributed by atoms with Crippen molar-refractivity contribution in [3.63, 3.8) is 0 Å². The lowest BCUT2D eigenvalue weighted by atomic mass is 10.1. The van der Waals surface area contributed by atoms with Gasteiger partial charge in [-0.3, -0.25) is 0 Å². The third kappa shape index (κ3) is 4.99. The second-order valence-electron chi connectivity index (χ2n) is 9.51. The number of anilines is 1. The summed E-state index contributed by atoms with van der Waals surface area (Å²) < 4.78 is 27.5. The van der Waals surface area contributed by atoms with Crippen molar-refractivity contribution in [3.8, 4) is 34.3 Å². The summed E-state index contributed by atoms with van der Waals surface area (Å²) in [6.07, 6.45) is 4.41. The number of hydrogen-bond acceptors (Lipinski definition) is 7. The fraction of sp³-hybridized carbons (Fsp3) is 0.267. The van der Waals surface area contributed by atoms with Crippen LogP contribution in [0.4, 0.5) is 10.3 Å². The van der Waals surface area contributed by atoms with Crippen molar-refractivity contribution in [2.75, 3.05) is 25.6 Å². The van der Waals surface area contributed by atoms with Gasteiger partial charge in [0.1, 0.15) is 24.0 Å². The van der Waals surface area contributed by atoms with Gasteiger partial charge < -0.3 is 19.4 Å². The Morgan fingerprint density at radius 2 is 1.90 bits per heavy atom. The zero-order valence-electron chi connectivity index (χ0n) is 21.9. The SMILES string of the molecule is CCCNc1nccc(-c2c(-c3ccc(F)cc3)nc3n2C(COc2ccc4cc(OC)ccc4n2)CC3)n1. The molecule has 1 aliphatic rings. The van der Waals surface area contributed by atoms with E-state index in [0.717, 1.165) is 70.9 Å². The largest absolute Gasteiger partial charge is 0.497 e. The standard InChI is InChI=1S/C30H29FN6O2/c1-3-15-32-30-33-16-14-25(35-30)29-28(19-4-7-21(31)8-5-19)36-26-12-9-22(37(26)29)18-39-27-13-6-20-17-23(38-2)10-11-24(20)34-27/h4-8,10-11,13-14,16-17,22H,3,9,12,15,18H2,1-2H3,(H,32,33,35). The van der Waals surface area contributed by atoms with Crippen LogP contribution in [0, 0.1) is 5.82 Å². The van der Waals surface area contributed by atoms with Gasteiger partial charge >= 0.3 is 0 Å². The molecule has 0 saturated carbocycles. The first-order chi connectivity index (χ1) is 19.1. The fourth-order valence-electron chi connectivity index (χ4n) is 4.97. The zero-order valence-corrected chi connectivity index (χ0v) is 21.9. The molecular weight excluding hydrogens is 495 g/mol. The van der Waals surface area contributed by atoms with Gasteiger partial charge in [-0.1, -0.05) is 6.92 Å². The van der Waals surface area contributed by atoms with E-state index in [1.54, 1.807) is 25.4 Å². The second-order valence-corrected chi connectivity index (χ2v) is 9.51. The quantitative estimate of drug-likeness (QED) is 0.250. The van der Waals surface area contributed by atoms with Gasteiger partial charge in [0.2, 0.25) is 11.8 Å². The van der Waals surface area contributed by atoms with Crippen molar-refractivity contribution in [1.82, 2.24) is 24.5 Å². The second kappa shape index (κ2) is 10.7. The maximum atomic E-state index is 13.7. The summed E-state index contributed by atoms with van der Waals surface area (Å²) in [4.78, 5) is 18.9. The summed E-state index contributed by atoms with van der Waals surface area (Å²) in [5, 5.41) is 4.26. The van der Waals surface area contributed by atoms with Gasteiger partial charge in [0, 0.05) is 36.2 Å². The smallest absolute Gasteiger partial charge is 0.223 e. The number of imidazole rings is 1. The van der Waals surface area contributed by atoms with Crippen LogP contribution < -0.4 is 14.8 Å². The summed E-state index contributed by atoms with van der Waals surface area (Å²) in [7, 11) is 1.65. The van der Waals surface area contributed by atoms with E-state index in [0.29, 0.717) is 18.4 Å². The van der Waals surface area contributed by atoms with Crippen LogP contribution in [0.5, 0.6) is 11.6 Å². The average Bonchev–Trinajstić information content (AvgIpc) is 3.54. The van der Waals surface area contributed by atoms with E-state index in [1.807, 2.05) is 36.4 Å². The molecule has 1 aliphatic heterocycles. The van der Waals surface area contributed by atoms with E-state index >= 15 is 0 Å². The Balaban J connectivity index is 1.34. The minimum absolute atomic E-state index is 0.0343. The highest BCUT2D eigenvalue weighted by Crippen LogP contribution is 2.39. The molecule has 8 nitrogen and oxygen atoms in total. The first kappa shape index (κ1) is 24.8. The molecule has 0 bridgehead atoms. The van der Waals surface area contributed by atoms with Crippen LogP contribution in [-0.2, 0) is 6.42 Å². The molecule has 0 saturated heterocycles. The Morgan fingerprint density at radius 1 is 1.03 bits per heavy atom. The molecule has 5 aromatic rings. The Morgan fingerprint density at radius 3 is 2.72 bits per heavy atom. The number of ether oxygens (including phenoxy) is 2. The highest BCUT2D eigenvalue weighted by atomic mass is 19.1. The molecule has 1 atom stereocenters. The van der Waals surface area contributed by atoms with Gasteiger partial charge in [0.25, 0.3) is 0 Å². The maximum absolute atomic E-state index is 13.7. The number of nitrogens with zero attached hydrogens (tertiary/aromatic N) is 5. The number of pyridine rings is 1. The van der Waals surface area contributed by atoms with Crippen molar-refractivity contribution < 1.29 is 13.9 Å². The highest BCUT2D eigenvalue weighted by Gasteiger charge is 2.31. The third-order valence-electron chi connectivity index (χ3n) is 6.89. The number of halogens is 1. The lowest BCUT2D eigenvalue weighted by molar-refractivity contribution is 0.248. The summed E-state index contributed by atoms with van der Waals surface area (Å²) in [6.45, 7) is 3.31. The predicted molar refractivity (Wildman–Crippen MR) is 149 cm³/mol. The molecule has 1 N–H and O–H groups in total. The van der Waals surface area contributed by atoms with Crippen LogP contribution >= 0.6 is 0 Å². The first-order valence-electron chi connectivity index (χ1n) is 13.1. The normalized spacial score (nSPS) is 14.4. The minimum Gasteiger partial charge on any atom is -0.497 e. The Bertz CT molecular complexity index is 1620. The number of hydrogen-bond donors (Lipinski definition) is 1. The van der Waals surface area contributed by atoms with Gasteiger partial charge in [0.05, 0.1) is 35.8 Å². The van der Waals surface area contributed by atoms with E-state index in [1.165, 1.54) is 12.1 Å². The van der Waals surface area contributed by atoms with Crippen LogP contribution in [0.15, 0.2) is 66.9 Å². The molecule has 0 radical (unpaired) electrons. The van der Waals surface area contributed by atoms with E-state index in [4.69, 9.17) is 19.4 Å². The van der Waals surface area contributed by atoms with Crippen LogP contribution in [0.1, 0.15) is 31.6 Å². The molecule has 0 aliphatic carbocycles. The molecule has 198 valence electrons. The molecule has 39 heavy (non-hydrogen) atoms. The molecule has 3 aromatic heterocycles. The van der Waals surface area contributed by atoms with Crippen LogP contribution in [0.25, 0.3) is 33.5 Å². The van der Waals surface area contributed by atoms with Gasteiger partial charge in [-0.25, -0.2) is 24.3 Å². The highest BCUT2D eigenvalue weighted by molar-refractivity contribution is 5.81. The number of rotatable bonds is 9. The number of fused-ring (bicyclic) bond motifs is 2. The Kier molecular flexibility index (Phi) is 6.79. The molecule has 0 fully saturated rings. The Labute approximate surface area is 225 Å². The predicted octanol–water partition coefficient (Wildman–Crippen LogP) is 6.09. The van der Waals surface area contributed by atoms with Crippen LogP contribution in [0.3, 0.4) is 0 Å². The monoisotopic (exact) mass is 524 g/mol. The van der Waals surface area contributed by atoms with Crippen molar-refractivity contribution in [2.45, 2.75) is 32.2 Å².